The van der Waals surface area contributed by atoms with Gasteiger partial charge in [-0.05, 0) is 31.2 Å². The minimum atomic E-state index is -0.475. The van der Waals surface area contributed by atoms with Gasteiger partial charge < -0.3 is 5.32 Å². The van der Waals surface area contributed by atoms with Gasteiger partial charge in [0.2, 0.25) is 0 Å². The number of anilines is 2. The molecule has 0 unspecified atom stereocenters. The number of halogens is 1. The fourth-order valence-corrected chi connectivity index (χ4v) is 2.96. The molecule has 0 aliphatic carbocycles. The quantitative estimate of drug-likeness (QED) is 0.548. The molecule has 3 heterocycles. The van der Waals surface area contributed by atoms with E-state index in [-0.39, 0.29) is 6.42 Å². The van der Waals surface area contributed by atoms with Crippen molar-refractivity contribution >= 4 is 22.5 Å². The molecule has 0 radical (unpaired) electrons. The lowest BCUT2D eigenvalue weighted by atomic mass is 10.00. The highest BCUT2D eigenvalue weighted by molar-refractivity contribution is 5.90. The number of fused-ring (bicyclic) bond motifs is 1. The summed E-state index contributed by atoms with van der Waals surface area (Å²) in [6.07, 6.45) is 1.25. The fourth-order valence-electron chi connectivity index (χ4n) is 2.96. The highest BCUT2D eigenvalue weighted by Crippen LogP contribution is 2.29. The first-order chi connectivity index (χ1) is 13.6. The van der Waals surface area contributed by atoms with E-state index >= 15 is 0 Å². The number of aromatic nitrogens is 5. The summed E-state index contributed by atoms with van der Waals surface area (Å²) < 4.78 is 13.3. The molecule has 1 aromatic carbocycles. The molecule has 28 heavy (non-hydrogen) atoms. The minimum absolute atomic E-state index is 0.123. The Morgan fingerprint density at radius 3 is 2.79 bits per heavy atom. The number of aromatic amines is 1. The number of aryl methyl sites for hydroxylation is 1. The third-order valence-corrected chi connectivity index (χ3v) is 4.29. The number of rotatable bonds is 5. The van der Waals surface area contributed by atoms with Crippen molar-refractivity contribution in [3.8, 4) is 6.07 Å². The Hall–Kier alpha value is -3.86. The van der Waals surface area contributed by atoms with Gasteiger partial charge in [0.1, 0.15) is 17.5 Å². The number of nitrogens with one attached hydrogen (secondary N) is 2. The SMILES string of the molecule is Cc1cc(Nc2nc([C@H](CC#N)c3ccc(F)cn3)nc3ccccc23)n[nH]1. The topological polar surface area (TPSA) is 103 Å². The standard InChI is InChI=1S/C20H16FN7/c1-12-10-18(28-27-12)25-20-14-4-2-3-5-17(14)24-19(26-20)15(8-9-22)16-7-6-13(21)11-23-16/h2-7,10-11,15H,8H2,1H3,(H2,24,25,26,27,28)/t15-/m1/s1. The molecular weight excluding hydrogens is 357 g/mol. The van der Waals surface area contributed by atoms with Crippen molar-refractivity contribution in [3.05, 3.63) is 71.7 Å². The summed E-state index contributed by atoms with van der Waals surface area (Å²) in [4.78, 5) is 13.4. The molecule has 2 N–H and O–H groups in total. The minimum Gasteiger partial charge on any atom is -0.323 e. The van der Waals surface area contributed by atoms with Crippen molar-refractivity contribution in [2.75, 3.05) is 5.32 Å². The predicted molar refractivity (Wildman–Crippen MR) is 102 cm³/mol. The zero-order valence-electron chi connectivity index (χ0n) is 15.0. The van der Waals surface area contributed by atoms with Gasteiger partial charge in [-0.2, -0.15) is 10.4 Å². The van der Waals surface area contributed by atoms with E-state index in [0.717, 1.165) is 22.8 Å². The maximum absolute atomic E-state index is 13.3. The van der Waals surface area contributed by atoms with E-state index in [2.05, 4.69) is 36.5 Å². The molecule has 0 aliphatic heterocycles. The maximum atomic E-state index is 13.3. The second-order valence-electron chi connectivity index (χ2n) is 6.32. The Morgan fingerprint density at radius 1 is 1.21 bits per heavy atom. The van der Waals surface area contributed by atoms with Gasteiger partial charge in [-0.3, -0.25) is 10.1 Å². The van der Waals surface area contributed by atoms with Crippen molar-refractivity contribution in [2.24, 2.45) is 0 Å². The van der Waals surface area contributed by atoms with Crippen molar-refractivity contribution in [1.82, 2.24) is 25.1 Å². The van der Waals surface area contributed by atoms with Crippen LogP contribution in [0.4, 0.5) is 16.0 Å². The van der Waals surface area contributed by atoms with E-state index < -0.39 is 11.7 Å². The summed E-state index contributed by atoms with van der Waals surface area (Å²) in [5.41, 5.74) is 2.19. The zero-order chi connectivity index (χ0) is 19.5. The van der Waals surface area contributed by atoms with Crippen molar-refractivity contribution in [1.29, 1.82) is 5.26 Å². The Balaban J connectivity index is 1.83. The summed E-state index contributed by atoms with van der Waals surface area (Å²) in [6.45, 7) is 1.91. The molecule has 8 heteroatoms. The van der Waals surface area contributed by atoms with E-state index in [1.165, 1.54) is 6.07 Å². The van der Waals surface area contributed by atoms with Crippen LogP contribution in [0.5, 0.6) is 0 Å². The number of nitriles is 1. The predicted octanol–water partition coefficient (Wildman–Crippen LogP) is 3.98. The van der Waals surface area contributed by atoms with Crippen LogP contribution in [0.1, 0.15) is 29.6 Å². The number of pyridine rings is 1. The van der Waals surface area contributed by atoms with Gasteiger partial charge >= 0.3 is 0 Å². The molecular formula is C20H16FN7. The lowest BCUT2D eigenvalue weighted by Gasteiger charge is -2.15. The summed E-state index contributed by atoms with van der Waals surface area (Å²) >= 11 is 0. The summed E-state index contributed by atoms with van der Waals surface area (Å²) in [5.74, 6) is 0.738. The number of para-hydroxylation sites is 1. The molecule has 4 rings (SSSR count). The normalized spacial score (nSPS) is 11.9. The Morgan fingerprint density at radius 2 is 2.07 bits per heavy atom. The molecule has 3 aromatic heterocycles. The van der Waals surface area contributed by atoms with Crippen LogP contribution >= 0.6 is 0 Å². The van der Waals surface area contributed by atoms with Crippen LogP contribution in [0, 0.1) is 24.1 Å². The number of hydrogen-bond donors (Lipinski definition) is 2. The third kappa shape index (κ3) is 3.50. The van der Waals surface area contributed by atoms with E-state index in [1.54, 1.807) is 6.07 Å². The van der Waals surface area contributed by atoms with E-state index in [9.17, 15) is 9.65 Å². The number of H-pyrrole nitrogens is 1. The molecule has 0 amide bonds. The van der Waals surface area contributed by atoms with Gasteiger partial charge in [-0.1, -0.05) is 12.1 Å². The second-order valence-corrected chi connectivity index (χ2v) is 6.32. The van der Waals surface area contributed by atoms with Gasteiger partial charge in [0.25, 0.3) is 0 Å². The highest BCUT2D eigenvalue weighted by Gasteiger charge is 2.21. The van der Waals surface area contributed by atoms with Gasteiger partial charge in [0.15, 0.2) is 5.82 Å². The molecule has 0 aliphatic rings. The third-order valence-electron chi connectivity index (χ3n) is 4.29. The van der Waals surface area contributed by atoms with Crippen molar-refractivity contribution < 1.29 is 4.39 Å². The van der Waals surface area contributed by atoms with E-state index in [0.29, 0.717) is 23.2 Å². The van der Waals surface area contributed by atoms with Crippen LogP contribution in [0.2, 0.25) is 0 Å². The average Bonchev–Trinajstić information content (AvgIpc) is 3.11. The van der Waals surface area contributed by atoms with E-state index in [4.69, 9.17) is 0 Å². The summed E-state index contributed by atoms with van der Waals surface area (Å²) in [6, 6.07) is 14.5. The van der Waals surface area contributed by atoms with Crippen molar-refractivity contribution in [3.63, 3.8) is 0 Å². The van der Waals surface area contributed by atoms with E-state index in [1.807, 2.05) is 37.3 Å². The molecule has 0 fully saturated rings. The smallest absolute Gasteiger partial charge is 0.153 e. The van der Waals surface area contributed by atoms with Crippen LogP contribution in [0.3, 0.4) is 0 Å². The summed E-state index contributed by atoms with van der Waals surface area (Å²) in [5, 5.41) is 20.4. The van der Waals surface area contributed by atoms with Gasteiger partial charge in [0, 0.05) is 17.1 Å². The molecule has 7 nitrogen and oxygen atoms in total. The zero-order valence-corrected chi connectivity index (χ0v) is 15.0. The van der Waals surface area contributed by atoms with Crippen LogP contribution in [0.25, 0.3) is 10.9 Å². The van der Waals surface area contributed by atoms with Crippen LogP contribution in [-0.4, -0.2) is 25.1 Å². The second kappa shape index (κ2) is 7.40. The largest absolute Gasteiger partial charge is 0.323 e. The number of benzene rings is 1. The molecule has 138 valence electrons. The first kappa shape index (κ1) is 17.5. The maximum Gasteiger partial charge on any atom is 0.153 e. The first-order valence-corrected chi connectivity index (χ1v) is 8.68. The van der Waals surface area contributed by atoms with Crippen molar-refractivity contribution in [2.45, 2.75) is 19.3 Å². The molecule has 1 atom stereocenters. The Labute approximate surface area is 160 Å². The van der Waals surface area contributed by atoms with Crippen LogP contribution < -0.4 is 5.32 Å². The van der Waals surface area contributed by atoms with Crippen LogP contribution in [0.15, 0.2) is 48.7 Å². The molecule has 4 aromatic rings. The van der Waals surface area contributed by atoms with Gasteiger partial charge in [-0.25, -0.2) is 14.4 Å². The molecule has 0 bridgehead atoms. The van der Waals surface area contributed by atoms with Crippen LogP contribution in [-0.2, 0) is 0 Å². The fraction of sp³-hybridized carbons (Fsp3) is 0.150. The highest BCUT2D eigenvalue weighted by atomic mass is 19.1. The monoisotopic (exact) mass is 373 g/mol. The average molecular weight is 373 g/mol. The Kier molecular flexibility index (Phi) is 4.64. The molecule has 0 spiro atoms. The number of nitrogens with zero attached hydrogens (tertiary/aromatic N) is 5. The Bertz CT molecular complexity index is 1160. The molecule has 0 saturated heterocycles. The lowest BCUT2D eigenvalue weighted by molar-refractivity contribution is 0.615. The summed E-state index contributed by atoms with van der Waals surface area (Å²) in [7, 11) is 0. The number of hydrogen-bond acceptors (Lipinski definition) is 6. The van der Waals surface area contributed by atoms with Gasteiger partial charge in [-0.15, -0.1) is 0 Å². The lowest BCUT2D eigenvalue weighted by Crippen LogP contribution is -2.10. The first-order valence-electron chi connectivity index (χ1n) is 8.68. The molecule has 0 saturated carbocycles. The van der Waals surface area contributed by atoms with Gasteiger partial charge in [0.05, 0.1) is 35.8 Å².